The van der Waals surface area contributed by atoms with Gasteiger partial charge in [0.2, 0.25) is 0 Å². The molecule has 0 radical (unpaired) electrons. The summed E-state index contributed by atoms with van der Waals surface area (Å²) in [6, 6.07) is 4.92. The molecule has 0 spiro atoms. The average molecular weight is 593 g/mol. The summed E-state index contributed by atoms with van der Waals surface area (Å²) in [7, 11) is 0. The maximum Gasteiger partial charge on any atom is 0.261 e. The number of carbonyl (C=O) groups is 2. The maximum absolute atomic E-state index is 14.5. The van der Waals surface area contributed by atoms with Crippen LogP contribution in [-0.4, -0.2) is 37.5 Å². The van der Waals surface area contributed by atoms with E-state index in [1.54, 1.807) is 12.1 Å². The topological polar surface area (TPSA) is 82.3 Å². The minimum absolute atomic E-state index is 0. The molecule has 1 aromatic carbocycles. The molecular weight excluding hydrogens is 566 g/mol. The SMILES string of the molecule is CC1(C)CNC(=O)c2sc(Nc3ccc(I)cc3F)c(C(=O)N[C@H]3CCCNC3)c2C1.Cl. The van der Waals surface area contributed by atoms with Crippen molar-refractivity contribution < 1.29 is 14.0 Å². The quantitative estimate of drug-likeness (QED) is 0.396. The first kappa shape index (κ1) is 25.2. The van der Waals surface area contributed by atoms with Crippen LogP contribution in [0.4, 0.5) is 15.1 Å². The van der Waals surface area contributed by atoms with Gasteiger partial charge in [-0.25, -0.2) is 4.39 Å². The number of rotatable bonds is 4. The minimum Gasteiger partial charge on any atom is -0.351 e. The van der Waals surface area contributed by atoms with Gasteiger partial charge in [-0.3, -0.25) is 9.59 Å². The first-order chi connectivity index (χ1) is 14.7. The van der Waals surface area contributed by atoms with Crippen LogP contribution in [0.15, 0.2) is 18.2 Å². The molecule has 4 rings (SSSR count). The lowest BCUT2D eigenvalue weighted by Gasteiger charge is -2.25. The lowest BCUT2D eigenvalue weighted by molar-refractivity contribution is 0.0929. The van der Waals surface area contributed by atoms with Gasteiger partial charge in [0.05, 0.1) is 16.1 Å². The third-order valence-corrected chi connectivity index (χ3v) is 7.45. The van der Waals surface area contributed by atoms with Crippen LogP contribution < -0.4 is 21.3 Å². The van der Waals surface area contributed by atoms with Gasteiger partial charge in [0.1, 0.15) is 10.8 Å². The molecule has 10 heteroatoms. The third kappa shape index (κ3) is 5.55. The predicted octanol–water partition coefficient (Wildman–Crippen LogP) is 4.45. The largest absolute Gasteiger partial charge is 0.351 e. The fraction of sp³-hybridized carbons (Fsp3) is 0.455. The number of hydrogen-bond acceptors (Lipinski definition) is 5. The number of carbonyl (C=O) groups excluding carboxylic acids is 2. The second kappa shape index (κ2) is 10.2. The summed E-state index contributed by atoms with van der Waals surface area (Å²) in [5.41, 5.74) is 1.27. The van der Waals surface area contributed by atoms with Crippen molar-refractivity contribution in [3.8, 4) is 0 Å². The number of hydrogen-bond donors (Lipinski definition) is 4. The number of anilines is 2. The van der Waals surface area contributed by atoms with Gasteiger partial charge in [-0.1, -0.05) is 13.8 Å². The van der Waals surface area contributed by atoms with Gasteiger partial charge in [0.25, 0.3) is 11.8 Å². The zero-order valence-corrected chi connectivity index (χ0v) is 21.7. The van der Waals surface area contributed by atoms with E-state index in [4.69, 9.17) is 0 Å². The number of nitrogens with one attached hydrogen (secondary N) is 4. The molecule has 0 bridgehead atoms. The summed E-state index contributed by atoms with van der Waals surface area (Å²) < 4.78 is 15.3. The molecule has 2 aliphatic heterocycles. The number of halogens is 3. The zero-order valence-electron chi connectivity index (χ0n) is 17.9. The third-order valence-electron chi connectivity index (χ3n) is 5.63. The van der Waals surface area contributed by atoms with Gasteiger partial charge < -0.3 is 21.3 Å². The highest BCUT2D eigenvalue weighted by Crippen LogP contribution is 2.40. The Morgan fingerprint density at radius 1 is 1.34 bits per heavy atom. The van der Waals surface area contributed by atoms with Gasteiger partial charge in [-0.2, -0.15) is 0 Å². The van der Waals surface area contributed by atoms with E-state index in [9.17, 15) is 14.0 Å². The zero-order chi connectivity index (χ0) is 22.2. The van der Waals surface area contributed by atoms with E-state index in [1.807, 2.05) is 0 Å². The number of piperidine rings is 1. The molecule has 4 N–H and O–H groups in total. The Kier molecular flexibility index (Phi) is 8.06. The van der Waals surface area contributed by atoms with Crippen LogP contribution in [0.3, 0.4) is 0 Å². The van der Waals surface area contributed by atoms with E-state index in [0.717, 1.165) is 35.1 Å². The van der Waals surface area contributed by atoms with E-state index >= 15 is 0 Å². The number of thiophene rings is 1. The lowest BCUT2D eigenvalue weighted by atomic mass is 9.85. The summed E-state index contributed by atoms with van der Waals surface area (Å²) in [5, 5.41) is 13.0. The van der Waals surface area contributed by atoms with E-state index in [-0.39, 0.29) is 41.4 Å². The minimum atomic E-state index is -0.400. The highest BCUT2D eigenvalue weighted by atomic mass is 127. The molecule has 2 amide bonds. The number of amides is 2. The molecule has 1 aromatic heterocycles. The van der Waals surface area contributed by atoms with Crippen LogP contribution >= 0.6 is 46.3 Å². The van der Waals surface area contributed by atoms with Crippen LogP contribution in [-0.2, 0) is 6.42 Å². The van der Waals surface area contributed by atoms with Crippen molar-refractivity contribution >= 4 is 68.8 Å². The lowest BCUT2D eigenvalue weighted by Crippen LogP contribution is -2.45. The molecule has 3 heterocycles. The van der Waals surface area contributed by atoms with Crippen LogP contribution in [0.1, 0.15) is 52.3 Å². The normalized spacial score (nSPS) is 19.8. The molecule has 0 saturated carbocycles. The van der Waals surface area contributed by atoms with Crippen molar-refractivity contribution in [1.29, 1.82) is 0 Å². The molecule has 6 nitrogen and oxygen atoms in total. The summed E-state index contributed by atoms with van der Waals surface area (Å²) in [6.07, 6.45) is 2.49. The average Bonchev–Trinajstić information content (AvgIpc) is 3.01. The highest BCUT2D eigenvalue weighted by Gasteiger charge is 2.35. The smallest absolute Gasteiger partial charge is 0.261 e. The second-order valence-corrected chi connectivity index (χ2v) is 11.2. The Bertz CT molecular complexity index is 1020. The molecule has 0 unspecified atom stereocenters. The van der Waals surface area contributed by atoms with Crippen molar-refractivity contribution in [1.82, 2.24) is 16.0 Å². The van der Waals surface area contributed by atoms with Crippen molar-refractivity contribution in [2.24, 2.45) is 5.41 Å². The first-order valence-electron chi connectivity index (χ1n) is 10.4. The molecule has 32 heavy (non-hydrogen) atoms. The Balaban J connectivity index is 0.00000289. The molecule has 1 atom stereocenters. The van der Waals surface area contributed by atoms with Crippen molar-refractivity contribution in [2.45, 2.75) is 39.2 Å². The molecule has 1 fully saturated rings. The maximum atomic E-state index is 14.5. The molecule has 0 aliphatic carbocycles. The Hall–Kier alpha value is -1.43. The fourth-order valence-corrected chi connectivity index (χ4v) is 5.63. The van der Waals surface area contributed by atoms with Gasteiger partial charge in [-0.05, 0) is 77.6 Å². The summed E-state index contributed by atoms with van der Waals surface area (Å²) in [4.78, 5) is 26.7. The van der Waals surface area contributed by atoms with Crippen LogP contribution in [0, 0.1) is 14.8 Å². The highest BCUT2D eigenvalue weighted by molar-refractivity contribution is 14.1. The second-order valence-electron chi connectivity index (χ2n) is 8.90. The standard InChI is InChI=1S/C22H26FIN4O2S.ClH/c1-22(2)9-14-17(19(29)27-13-4-3-7-25-10-13)21(31-18(14)20(30)26-11-22)28-16-6-5-12(24)8-15(16)23;/h5-6,8,13,25,28H,3-4,7,9-11H2,1-2H3,(H,26,30)(H,27,29);1H/t13-;/m0./s1. The van der Waals surface area contributed by atoms with Gasteiger partial charge >= 0.3 is 0 Å². The van der Waals surface area contributed by atoms with Crippen LogP contribution in [0.25, 0.3) is 0 Å². The summed E-state index contributed by atoms with van der Waals surface area (Å²) >= 11 is 3.27. The van der Waals surface area contributed by atoms with E-state index in [2.05, 4.69) is 57.7 Å². The Labute approximate surface area is 211 Å². The van der Waals surface area contributed by atoms with Gasteiger partial charge in [0, 0.05) is 22.7 Å². The van der Waals surface area contributed by atoms with Crippen molar-refractivity contribution in [3.63, 3.8) is 0 Å². The van der Waals surface area contributed by atoms with E-state index < -0.39 is 5.82 Å². The molecular formula is C22H27ClFIN4O2S. The number of fused-ring (bicyclic) bond motifs is 1. The van der Waals surface area contributed by atoms with E-state index in [1.165, 1.54) is 17.4 Å². The van der Waals surface area contributed by atoms with Crippen LogP contribution in [0.2, 0.25) is 0 Å². The monoisotopic (exact) mass is 592 g/mol. The van der Waals surface area contributed by atoms with Gasteiger partial charge in [-0.15, -0.1) is 23.7 Å². The predicted molar refractivity (Wildman–Crippen MR) is 137 cm³/mol. The Morgan fingerprint density at radius 2 is 2.12 bits per heavy atom. The van der Waals surface area contributed by atoms with Crippen LogP contribution in [0.5, 0.6) is 0 Å². The fourth-order valence-electron chi connectivity index (χ4n) is 4.03. The molecule has 174 valence electrons. The summed E-state index contributed by atoms with van der Waals surface area (Å²) in [6.45, 7) is 6.35. The van der Waals surface area contributed by atoms with Crippen molar-refractivity contribution in [3.05, 3.63) is 43.6 Å². The first-order valence-corrected chi connectivity index (χ1v) is 12.3. The van der Waals surface area contributed by atoms with E-state index in [0.29, 0.717) is 28.4 Å². The summed E-state index contributed by atoms with van der Waals surface area (Å²) in [5.74, 6) is -0.802. The molecule has 2 aromatic rings. The number of benzene rings is 1. The van der Waals surface area contributed by atoms with Crippen molar-refractivity contribution in [2.75, 3.05) is 25.0 Å². The Morgan fingerprint density at radius 3 is 2.81 bits per heavy atom. The van der Waals surface area contributed by atoms with Gasteiger partial charge in [0.15, 0.2) is 0 Å². The molecule has 2 aliphatic rings. The molecule has 1 saturated heterocycles.